The first kappa shape index (κ1) is 12.0. The Morgan fingerprint density at radius 3 is 2.87 bits per heavy atom. The second kappa shape index (κ2) is 5.75. The van der Waals surface area contributed by atoms with E-state index in [1.807, 2.05) is 6.92 Å². The van der Waals surface area contributed by atoms with Gasteiger partial charge in [-0.1, -0.05) is 0 Å². The van der Waals surface area contributed by atoms with E-state index in [1.165, 1.54) is 0 Å². The normalized spacial score (nSPS) is 10.3. The molecule has 0 aromatic carbocycles. The molecule has 84 valence electrons. The Hall–Kier alpha value is -1.03. The molecular formula is C10H16ClN3O. The van der Waals surface area contributed by atoms with Crippen molar-refractivity contribution in [2.75, 3.05) is 19.0 Å². The van der Waals surface area contributed by atoms with Crippen LogP contribution >= 0.6 is 11.6 Å². The van der Waals surface area contributed by atoms with E-state index < -0.39 is 0 Å². The first-order chi connectivity index (χ1) is 7.20. The zero-order valence-electron chi connectivity index (χ0n) is 9.11. The number of hydrogen-bond donors (Lipinski definition) is 0. The van der Waals surface area contributed by atoms with E-state index in [-0.39, 0.29) is 5.91 Å². The number of carbonyl (C=O) groups excluding carboxylic acids is 1. The molecule has 1 aromatic heterocycles. The zero-order valence-corrected chi connectivity index (χ0v) is 9.87. The van der Waals surface area contributed by atoms with Crippen molar-refractivity contribution >= 4 is 17.5 Å². The molecule has 4 nitrogen and oxygen atoms in total. The van der Waals surface area contributed by atoms with E-state index in [0.29, 0.717) is 24.7 Å². The highest BCUT2D eigenvalue weighted by Gasteiger charge is 2.16. The molecule has 0 bridgehead atoms. The standard InChI is InChI=1S/C10H16ClN3O/c1-3-14(8-4-6-11)10(15)9-5-7-12-13(9)2/h5,7H,3-4,6,8H2,1-2H3. The smallest absolute Gasteiger partial charge is 0.272 e. The molecule has 0 aliphatic heterocycles. The lowest BCUT2D eigenvalue weighted by Crippen LogP contribution is -2.33. The molecule has 15 heavy (non-hydrogen) atoms. The maximum absolute atomic E-state index is 12.0. The molecule has 1 heterocycles. The predicted molar refractivity (Wildman–Crippen MR) is 60.1 cm³/mol. The number of aromatic nitrogens is 2. The van der Waals surface area contributed by atoms with Gasteiger partial charge < -0.3 is 4.90 Å². The van der Waals surface area contributed by atoms with Crippen LogP contribution < -0.4 is 0 Å². The number of rotatable bonds is 5. The quantitative estimate of drug-likeness (QED) is 0.718. The average Bonchev–Trinajstić information content (AvgIpc) is 2.65. The Kier molecular flexibility index (Phi) is 4.62. The molecule has 0 radical (unpaired) electrons. The number of hydrogen-bond acceptors (Lipinski definition) is 2. The van der Waals surface area contributed by atoms with E-state index in [4.69, 9.17) is 11.6 Å². The van der Waals surface area contributed by atoms with Gasteiger partial charge in [-0.05, 0) is 19.4 Å². The third-order valence-corrected chi connectivity index (χ3v) is 2.54. The van der Waals surface area contributed by atoms with Crippen LogP contribution in [0.25, 0.3) is 0 Å². The number of aryl methyl sites for hydroxylation is 1. The molecule has 0 aliphatic carbocycles. The number of amides is 1. The van der Waals surface area contributed by atoms with E-state index in [2.05, 4.69) is 5.10 Å². The van der Waals surface area contributed by atoms with E-state index in [9.17, 15) is 4.79 Å². The molecule has 0 saturated heterocycles. The molecule has 0 spiro atoms. The molecule has 0 fully saturated rings. The maximum atomic E-state index is 12.0. The van der Waals surface area contributed by atoms with Crippen molar-refractivity contribution in [2.24, 2.45) is 7.05 Å². The van der Waals surface area contributed by atoms with Crippen LogP contribution in [-0.2, 0) is 7.05 Å². The van der Waals surface area contributed by atoms with Crippen LogP contribution in [0.4, 0.5) is 0 Å². The molecule has 0 unspecified atom stereocenters. The molecule has 0 N–H and O–H groups in total. The molecule has 5 heteroatoms. The van der Waals surface area contributed by atoms with Crippen LogP contribution in [0.1, 0.15) is 23.8 Å². The fourth-order valence-corrected chi connectivity index (χ4v) is 1.52. The van der Waals surface area contributed by atoms with Gasteiger partial charge in [-0.15, -0.1) is 11.6 Å². The lowest BCUT2D eigenvalue weighted by molar-refractivity contribution is 0.0754. The van der Waals surface area contributed by atoms with Crippen LogP contribution in [0, 0.1) is 0 Å². The summed E-state index contributed by atoms with van der Waals surface area (Å²) in [4.78, 5) is 13.8. The fourth-order valence-electron chi connectivity index (χ4n) is 1.40. The first-order valence-corrected chi connectivity index (χ1v) is 5.57. The third kappa shape index (κ3) is 2.96. The van der Waals surface area contributed by atoms with Gasteiger partial charge in [0.05, 0.1) is 0 Å². The van der Waals surface area contributed by atoms with E-state index in [1.54, 1.807) is 28.9 Å². The summed E-state index contributed by atoms with van der Waals surface area (Å²) in [6, 6.07) is 1.73. The SMILES string of the molecule is CCN(CCCCl)C(=O)c1ccnn1C. The molecular weight excluding hydrogens is 214 g/mol. The minimum Gasteiger partial charge on any atom is -0.338 e. The van der Waals surface area contributed by atoms with Gasteiger partial charge in [-0.3, -0.25) is 9.48 Å². The highest BCUT2D eigenvalue weighted by Crippen LogP contribution is 2.04. The minimum atomic E-state index is 0.0163. The fraction of sp³-hybridized carbons (Fsp3) is 0.600. The summed E-state index contributed by atoms with van der Waals surface area (Å²) < 4.78 is 1.59. The second-order valence-corrected chi connectivity index (χ2v) is 3.65. The van der Waals surface area contributed by atoms with Crippen LogP contribution in [0.15, 0.2) is 12.3 Å². The Balaban J connectivity index is 2.69. The van der Waals surface area contributed by atoms with Gasteiger partial charge in [0.2, 0.25) is 0 Å². The Bertz CT molecular complexity index is 324. The highest BCUT2D eigenvalue weighted by atomic mass is 35.5. The molecule has 0 aliphatic rings. The van der Waals surface area contributed by atoms with Crippen LogP contribution in [0.3, 0.4) is 0 Å². The predicted octanol–water partition coefficient (Wildman–Crippen LogP) is 1.51. The third-order valence-electron chi connectivity index (χ3n) is 2.27. The van der Waals surface area contributed by atoms with Gasteiger partial charge in [0, 0.05) is 32.2 Å². The molecule has 1 rings (SSSR count). The summed E-state index contributed by atoms with van der Waals surface area (Å²) in [6.07, 6.45) is 2.45. The molecule has 0 saturated carbocycles. The van der Waals surface area contributed by atoms with Gasteiger partial charge in [-0.2, -0.15) is 5.10 Å². The summed E-state index contributed by atoms with van der Waals surface area (Å²) in [5.41, 5.74) is 0.617. The summed E-state index contributed by atoms with van der Waals surface area (Å²) in [6.45, 7) is 3.35. The van der Waals surface area contributed by atoms with E-state index in [0.717, 1.165) is 6.42 Å². The number of alkyl halides is 1. The molecule has 1 aromatic rings. The van der Waals surface area contributed by atoms with Crippen molar-refractivity contribution in [3.8, 4) is 0 Å². The summed E-state index contributed by atoms with van der Waals surface area (Å²) in [5, 5.41) is 3.98. The Morgan fingerprint density at radius 1 is 1.67 bits per heavy atom. The van der Waals surface area contributed by atoms with Gasteiger partial charge >= 0.3 is 0 Å². The minimum absolute atomic E-state index is 0.0163. The van der Waals surface area contributed by atoms with Crippen LogP contribution in [-0.4, -0.2) is 39.6 Å². The monoisotopic (exact) mass is 229 g/mol. The Morgan fingerprint density at radius 2 is 2.40 bits per heavy atom. The van der Waals surface area contributed by atoms with Crippen LogP contribution in [0.2, 0.25) is 0 Å². The topological polar surface area (TPSA) is 38.1 Å². The summed E-state index contributed by atoms with van der Waals surface area (Å²) in [7, 11) is 1.77. The van der Waals surface area contributed by atoms with Crippen molar-refractivity contribution in [2.45, 2.75) is 13.3 Å². The van der Waals surface area contributed by atoms with Gasteiger partial charge in [0.1, 0.15) is 5.69 Å². The van der Waals surface area contributed by atoms with Gasteiger partial charge in [0.25, 0.3) is 5.91 Å². The second-order valence-electron chi connectivity index (χ2n) is 3.27. The van der Waals surface area contributed by atoms with Gasteiger partial charge in [0.15, 0.2) is 0 Å². The average molecular weight is 230 g/mol. The number of carbonyl (C=O) groups is 1. The molecule has 1 amide bonds. The van der Waals surface area contributed by atoms with Crippen molar-refractivity contribution < 1.29 is 4.79 Å². The van der Waals surface area contributed by atoms with Crippen LogP contribution in [0.5, 0.6) is 0 Å². The highest BCUT2D eigenvalue weighted by molar-refractivity contribution is 6.17. The lowest BCUT2D eigenvalue weighted by atomic mass is 10.3. The zero-order chi connectivity index (χ0) is 11.3. The van der Waals surface area contributed by atoms with Crippen molar-refractivity contribution in [1.82, 2.24) is 14.7 Å². The number of nitrogens with zero attached hydrogens (tertiary/aromatic N) is 3. The Labute approximate surface area is 94.8 Å². The van der Waals surface area contributed by atoms with Crippen molar-refractivity contribution in [3.05, 3.63) is 18.0 Å². The van der Waals surface area contributed by atoms with Crippen molar-refractivity contribution in [3.63, 3.8) is 0 Å². The molecule has 0 atom stereocenters. The first-order valence-electron chi connectivity index (χ1n) is 5.04. The van der Waals surface area contributed by atoms with Crippen molar-refractivity contribution in [1.29, 1.82) is 0 Å². The number of halogens is 1. The van der Waals surface area contributed by atoms with E-state index >= 15 is 0 Å². The maximum Gasteiger partial charge on any atom is 0.272 e. The summed E-state index contributed by atoms with van der Waals surface area (Å²) >= 11 is 5.61. The van der Waals surface area contributed by atoms with Gasteiger partial charge in [-0.25, -0.2) is 0 Å². The largest absolute Gasteiger partial charge is 0.338 e. The lowest BCUT2D eigenvalue weighted by Gasteiger charge is -2.20. The summed E-state index contributed by atoms with van der Waals surface area (Å²) in [5.74, 6) is 0.595.